The molecule has 0 aliphatic rings. The molecule has 0 spiro atoms. The van der Waals surface area contributed by atoms with Crippen molar-refractivity contribution in [2.75, 3.05) is 5.32 Å². The van der Waals surface area contributed by atoms with E-state index >= 15 is 0 Å². The fourth-order valence-corrected chi connectivity index (χ4v) is 3.59. The van der Waals surface area contributed by atoms with Gasteiger partial charge in [0.05, 0.1) is 12.1 Å². The normalized spacial score (nSPS) is 10.5. The van der Waals surface area contributed by atoms with Crippen molar-refractivity contribution in [1.82, 2.24) is 9.97 Å². The zero-order valence-corrected chi connectivity index (χ0v) is 15.3. The number of hydrogen-bond acceptors (Lipinski definition) is 4. The van der Waals surface area contributed by atoms with Crippen LogP contribution in [0.25, 0.3) is 21.8 Å². The van der Waals surface area contributed by atoms with Crippen molar-refractivity contribution in [3.05, 3.63) is 90.1 Å². The van der Waals surface area contributed by atoms with E-state index in [0.29, 0.717) is 6.42 Å². The van der Waals surface area contributed by atoms with Crippen LogP contribution in [0.2, 0.25) is 0 Å². The number of amides is 1. The van der Waals surface area contributed by atoms with Crippen LogP contribution in [-0.2, 0) is 11.2 Å². The lowest BCUT2D eigenvalue weighted by atomic mass is 10.1. The Morgan fingerprint density at radius 1 is 0.963 bits per heavy atom. The molecule has 0 atom stereocenters. The molecule has 0 saturated heterocycles. The highest BCUT2D eigenvalue weighted by Gasteiger charge is 2.09. The van der Waals surface area contributed by atoms with Crippen molar-refractivity contribution >= 4 is 22.9 Å². The van der Waals surface area contributed by atoms with Gasteiger partial charge in [-0.3, -0.25) is 9.78 Å². The van der Waals surface area contributed by atoms with Gasteiger partial charge >= 0.3 is 0 Å². The van der Waals surface area contributed by atoms with E-state index in [1.165, 1.54) is 0 Å². The molecule has 4 nitrogen and oxygen atoms in total. The number of nitrogens with zero attached hydrogens (tertiary/aromatic N) is 2. The van der Waals surface area contributed by atoms with E-state index < -0.39 is 0 Å². The van der Waals surface area contributed by atoms with Crippen molar-refractivity contribution in [1.29, 1.82) is 0 Å². The molecule has 0 fully saturated rings. The van der Waals surface area contributed by atoms with Crippen LogP contribution in [0.3, 0.4) is 0 Å². The lowest BCUT2D eigenvalue weighted by Gasteiger charge is -2.07. The number of rotatable bonds is 5. The zero-order chi connectivity index (χ0) is 18.5. The van der Waals surface area contributed by atoms with E-state index in [1.54, 1.807) is 17.5 Å². The Bertz CT molecular complexity index is 1050. The fourth-order valence-electron chi connectivity index (χ4n) is 2.77. The summed E-state index contributed by atoms with van der Waals surface area (Å²) < 4.78 is 0. The summed E-state index contributed by atoms with van der Waals surface area (Å²) in [5.41, 5.74) is 4.62. The molecule has 132 valence electrons. The highest BCUT2D eigenvalue weighted by molar-refractivity contribution is 7.13. The maximum absolute atomic E-state index is 12.3. The highest BCUT2D eigenvalue weighted by Crippen LogP contribution is 2.29. The summed E-state index contributed by atoms with van der Waals surface area (Å²) in [6.45, 7) is 0. The summed E-state index contributed by atoms with van der Waals surface area (Å²) in [7, 11) is 0. The standard InChI is InChI=1S/C22H17N3OS/c26-21(12-16-6-2-1-3-7-16)24-19-10-4-8-17(13-19)20-15-27-22(25-20)18-9-5-11-23-14-18/h1-11,13-15H,12H2,(H,24,26). The van der Waals surface area contributed by atoms with Gasteiger partial charge in [-0.1, -0.05) is 42.5 Å². The third kappa shape index (κ3) is 4.27. The second kappa shape index (κ2) is 7.93. The van der Waals surface area contributed by atoms with Gasteiger partial charge in [-0.2, -0.15) is 0 Å². The van der Waals surface area contributed by atoms with E-state index in [9.17, 15) is 4.79 Å². The van der Waals surface area contributed by atoms with Crippen molar-refractivity contribution in [3.63, 3.8) is 0 Å². The molecule has 2 aromatic carbocycles. The molecule has 0 aliphatic heterocycles. The Balaban J connectivity index is 1.49. The second-order valence-corrected chi connectivity index (χ2v) is 6.93. The smallest absolute Gasteiger partial charge is 0.228 e. The van der Waals surface area contributed by atoms with Crippen LogP contribution in [0.15, 0.2) is 84.5 Å². The van der Waals surface area contributed by atoms with Gasteiger partial charge in [0.1, 0.15) is 5.01 Å². The molecule has 4 aromatic rings. The van der Waals surface area contributed by atoms with Gasteiger partial charge in [0.25, 0.3) is 0 Å². The molecular formula is C22H17N3OS. The quantitative estimate of drug-likeness (QED) is 0.534. The maximum Gasteiger partial charge on any atom is 0.228 e. The SMILES string of the molecule is O=C(Cc1ccccc1)Nc1cccc(-c2csc(-c3cccnc3)n2)c1. The predicted molar refractivity (Wildman–Crippen MR) is 110 cm³/mol. The number of carbonyl (C=O) groups excluding carboxylic acids is 1. The summed E-state index contributed by atoms with van der Waals surface area (Å²) in [6, 6.07) is 21.4. The Morgan fingerprint density at radius 3 is 2.63 bits per heavy atom. The van der Waals surface area contributed by atoms with Crippen LogP contribution >= 0.6 is 11.3 Å². The third-order valence-electron chi connectivity index (χ3n) is 4.06. The lowest BCUT2D eigenvalue weighted by Crippen LogP contribution is -2.14. The van der Waals surface area contributed by atoms with Crippen LogP contribution in [0, 0.1) is 0 Å². The molecule has 5 heteroatoms. The molecule has 4 rings (SSSR count). The van der Waals surface area contributed by atoms with E-state index in [4.69, 9.17) is 4.98 Å². The number of carbonyl (C=O) groups is 1. The fraction of sp³-hybridized carbons (Fsp3) is 0.0455. The van der Waals surface area contributed by atoms with Crippen molar-refractivity contribution in [3.8, 4) is 21.8 Å². The average molecular weight is 371 g/mol. The first kappa shape index (κ1) is 17.1. The van der Waals surface area contributed by atoms with E-state index in [-0.39, 0.29) is 5.91 Å². The van der Waals surface area contributed by atoms with Gasteiger partial charge in [0.2, 0.25) is 5.91 Å². The molecular weight excluding hydrogens is 354 g/mol. The highest BCUT2D eigenvalue weighted by atomic mass is 32.1. The Kier molecular flexibility index (Phi) is 5.03. The van der Waals surface area contributed by atoms with Gasteiger partial charge in [-0.05, 0) is 29.8 Å². The minimum absolute atomic E-state index is 0.0346. The van der Waals surface area contributed by atoms with Crippen LogP contribution in [-0.4, -0.2) is 15.9 Å². The van der Waals surface area contributed by atoms with Gasteiger partial charge in [0.15, 0.2) is 0 Å². The topological polar surface area (TPSA) is 54.9 Å². The summed E-state index contributed by atoms with van der Waals surface area (Å²) >= 11 is 1.58. The molecule has 0 radical (unpaired) electrons. The minimum Gasteiger partial charge on any atom is -0.326 e. The first-order chi connectivity index (χ1) is 13.3. The summed E-state index contributed by atoms with van der Waals surface area (Å²) in [5.74, 6) is -0.0346. The van der Waals surface area contributed by atoms with Crippen molar-refractivity contribution in [2.45, 2.75) is 6.42 Å². The molecule has 0 aliphatic carbocycles. The van der Waals surface area contributed by atoms with Crippen LogP contribution in [0.1, 0.15) is 5.56 Å². The third-order valence-corrected chi connectivity index (χ3v) is 4.95. The second-order valence-electron chi connectivity index (χ2n) is 6.07. The summed E-state index contributed by atoms with van der Waals surface area (Å²) in [4.78, 5) is 21.1. The van der Waals surface area contributed by atoms with Crippen LogP contribution in [0.4, 0.5) is 5.69 Å². The zero-order valence-electron chi connectivity index (χ0n) is 14.5. The van der Waals surface area contributed by atoms with Gasteiger partial charge in [-0.15, -0.1) is 11.3 Å². The van der Waals surface area contributed by atoms with Crippen molar-refractivity contribution < 1.29 is 4.79 Å². The first-order valence-electron chi connectivity index (χ1n) is 8.58. The lowest BCUT2D eigenvalue weighted by molar-refractivity contribution is -0.115. The molecule has 0 unspecified atom stereocenters. The predicted octanol–water partition coefficient (Wildman–Crippen LogP) is 5.05. The number of aromatic nitrogens is 2. The van der Waals surface area contributed by atoms with Gasteiger partial charge in [-0.25, -0.2) is 4.98 Å². The Morgan fingerprint density at radius 2 is 1.81 bits per heavy atom. The van der Waals surface area contributed by atoms with Crippen molar-refractivity contribution in [2.24, 2.45) is 0 Å². The van der Waals surface area contributed by atoms with Gasteiger partial charge < -0.3 is 5.32 Å². The Labute approximate surface area is 161 Å². The molecule has 2 aromatic heterocycles. The molecule has 1 amide bonds. The summed E-state index contributed by atoms with van der Waals surface area (Å²) in [5, 5.41) is 5.91. The van der Waals surface area contributed by atoms with E-state index in [2.05, 4.69) is 10.3 Å². The monoisotopic (exact) mass is 371 g/mol. The van der Waals surface area contributed by atoms with Gasteiger partial charge in [0, 0.05) is 34.6 Å². The van der Waals surface area contributed by atoms with E-state index in [1.807, 2.05) is 78.3 Å². The summed E-state index contributed by atoms with van der Waals surface area (Å²) in [6.07, 6.45) is 3.91. The number of benzene rings is 2. The number of thiazole rings is 1. The molecule has 27 heavy (non-hydrogen) atoms. The minimum atomic E-state index is -0.0346. The largest absolute Gasteiger partial charge is 0.326 e. The van der Waals surface area contributed by atoms with Crippen LogP contribution in [0.5, 0.6) is 0 Å². The Hall–Kier alpha value is -3.31. The molecule has 0 saturated carbocycles. The number of pyridine rings is 1. The number of anilines is 1. The molecule has 0 bridgehead atoms. The average Bonchev–Trinajstić information content (AvgIpc) is 3.20. The maximum atomic E-state index is 12.3. The molecule has 1 N–H and O–H groups in total. The first-order valence-corrected chi connectivity index (χ1v) is 9.46. The number of hydrogen-bond donors (Lipinski definition) is 1. The van der Waals surface area contributed by atoms with E-state index in [0.717, 1.165) is 33.1 Å². The van der Waals surface area contributed by atoms with Crippen LogP contribution < -0.4 is 5.32 Å². The number of nitrogens with one attached hydrogen (secondary N) is 1. The molecule has 2 heterocycles.